The van der Waals surface area contributed by atoms with E-state index in [1.54, 1.807) is 19.2 Å². The van der Waals surface area contributed by atoms with E-state index in [2.05, 4.69) is 21.2 Å². The Balaban J connectivity index is 2.03. The first kappa shape index (κ1) is 14.4. The standard InChI is InChI=1S/C13H16BrFN2O2/c1-17(12-6-9(14)2-3-11(12)15)13(18)7-10-8-16-4-5-19-10/h2-3,6,10,16H,4-5,7-8H2,1H3. The molecule has 0 aliphatic carbocycles. The molecule has 4 nitrogen and oxygen atoms in total. The summed E-state index contributed by atoms with van der Waals surface area (Å²) in [4.78, 5) is 13.4. The fourth-order valence-electron chi connectivity index (χ4n) is 1.96. The predicted molar refractivity (Wildman–Crippen MR) is 74.7 cm³/mol. The lowest BCUT2D eigenvalue weighted by atomic mass is 10.2. The van der Waals surface area contributed by atoms with E-state index < -0.39 is 5.82 Å². The van der Waals surface area contributed by atoms with Crippen molar-refractivity contribution >= 4 is 27.5 Å². The van der Waals surface area contributed by atoms with Crippen LogP contribution in [0.1, 0.15) is 6.42 Å². The minimum atomic E-state index is -0.415. The summed E-state index contributed by atoms with van der Waals surface area (Å²) in [7, 11) is 1.57. The van der Waals surface area contributed by atoms with E-state index in [1.165, 1.54) is 11.0 Å². The van der Waals surface area contributed by atoms with Crippen molar-refractivity contribution in [2.45, 2.75) is 12.5 Å². The van der Waals surface area contributed by atoms with Crippen LogP contribution in [0.2, 0.25) is 0 Å². The van der Waals surface area contributed by atoms with Crippen LogP contribution in [0.4, 0.5) is 10.1 Å². The highest BCUT2D eigenvalue weighted by atomic mass is 79.9. The molecular weight excluding hydrogens is 315 g/mol. The predicted octanol–water partition coefficient (Wildman–Crippen LogP) is 1.93. The summed E-state index contributed by atoms with van der Waals surface area (Å²) in [5, 5.41) is 3.16. The van der Waals surface area contributed by atoms with Gasteiger partial charge in [0.1, 0.15) is 5.82 Å². The number of morpholine rings is 1. The third-order valence-electron chi connectivity index (χ3n) is 3.05. The number of nitrogens with zero attached hydrogens (tertiary/aromatic N) is 1. The van der Waals surface area contributed by atoms with Gasteiger partial charge in [-0.05, 0) is 18.2 Å². The van der Waals surface area contributed by atoms with Crippen LogP contribution >= 0.6 is 15.9 Å². The molecule has 0 bridgehead atoms. The van der Waals surface area contributed by atoms with Crippen LogP contribution in [0.3, 0.4) is 0 Å². The molecule has 1 aliphatic heterocycles. The number of nitrogens with one attached hydrogen (secondary N) is 1. The molecule has 1 aliphatic rings. The fraction of sp³-hybridized carbons (Fsp3) is 0.462. The molecule has 6 heteroatoms. The third kappa shape index (κ3) is 3.75. The summed E-state index contributed by atoms with van der Waals surface area (Å²) in [6.07, 6.45) is 0.106. The molecule has 104 valence electrons. The van der Waals surface area contributed by atoms with Crippen LogP contribution in [0.25, 0.3) is 0 Å². The van der Waals surface area contributed by atoms with Gasteiger partial charge < -0.3 is 15.0 Å². The van der Waals surface area contributed by atoms with Crippen LogP contribution in [-0.2, 0) is 9.53 Å². The van der Waals surface area contributed by atoms with Crippen molar-refractivity contribution in [3.8, 4) is 0 Å². The molecule has 2 rings (SSSR count). The fourth-order valence-corrected chi connectivity index (χ4v) is 2.31. The summed E-state index contributed by atoms with van der Waals surface area (Å²) in [5.74, 6) is -0.576. The van der Waals surface area contributed by atoms with Gasteiger partial charge in [-0.2, -0.15) is 0 Å². The Bertz CT molecular complexity index is 464. The Morgan fingerprint density at radius 3 is 3.11 bits per heavy atom. The van der Waals surface area contributed by atoms with Crippen molar-refractivity contribution in [2.24, 2.45) is 0 Å². The molecule has 19 heavy (non-hydrogen) atoms. The smallest absolute Gasteiger partial charge is 0.229 e. The first-order valence-corrected chi connectivity index (χ1v) is 6.91. The van der Waals surface area contributed by atoms with Gasteiger partial charge in [-0.3, -0.25) is 4.79 Å². The van der Waals surface area contributed by atoms with Crippen molar-refractivity contribution < 1.29 is 13.9 Å². The zero-order valence-electron chi connectivity index (χ0n) is 10.7. The highest BCUT2D eigenvalue weighted by Crippen LogP contribution is 2.23. The Morgan fingerprint density at radius 2 is 2.42 bits per heavy atom. The number of ether oxygens (including phenoxy) is 1. The van der Waals surface area contributed by atoms with Crippen LogP contribution in [0.5, 0.6) is 0 Å². The number of anilines is 1. The highest BCUT2D eigenvalue weighted by Gasteiger charge is 2.21. The van der Waals surface area contributed by atoms with Crippen LogP contribution in [0.15, 0.2) is 22.7 Å². The van der Waals surface area contributed by atoms with Crippen molar-refractivity contribution in [3.05, 3.63) is 28.5 Å². The van der Waals surface area contributed by atoms with Crippen LogP contribution in [0, 0.1) is 5.82 Å². The van der Waals surface area contributed by atoms with Gasteiger partial charge in [0.15, 0.2) is 0 Å². The lowest BCUT2D eigenvalue weighted by molar-refractivity contribution is -0.121. The van der Waals surface area contributed by atoms with Gasteiger partial charge >= 0.3 is 0 Å². The maximum atomic E-state index is 13.7. The zero-order valence-corrected chi connectivity index (χ0v) is 12.2. The molecule has 1 N–H and O–H groups in total. The Labute approximate surface area is 120 Å². The van der Waals surface area contributed by atoms with Crippen molar-refractivity contribution in [2.75, 3.05) is 31.6 Å². The van der Waals surface area contributed by atoms with Crippen LogP contribution < -0.4 is 10.2 Å². The van der Waals surface area contributed by atoms with Gasteiger partial charge in [0.05, 0.1) is 24.8 Å². The Kier molecular flexibility index (Phi) is 4.90. The number of halogens is 2. The third-order valence-corrected chi connectivity index (χ3v) is 3.54. The molecule has 0 aromatic heterocycles. The number of hydrogen-bond donors (Lipinski definition) is 1. The Hall–Kier alpha value is -0.980. The summed E-state index contributed by atoms with van der Waals surface area (Å²) >= 11 is 3.27. The van der Waals surface area contributed by atoms with E-state index in [0.717, 1.165) is 11.0 Å². The maximum absolute atomic E-state index is 13.7. The van der Waals surface area contributed by atoms with Gasteiger partial charge in [-0.1, -0.05) is 15.9 Å². The lowest BCUT2D eigenvalue weighted by Crippen LogP contribution is -2.42. The van der Waals surface area contributed by atoms with E-state index in [-0.39, 0.29) is 24.1 Å². The SMILES string of the molecule is CN(C(=O)CC1CNCCO1)c1cc(Br)ccc1F. The van der Waals surface area contributed by atoms with Crippen molar-refractivity contribution in [3.63, 3.8) is 0 Å². The monoisotopic (exact) mass is 330 g/mol. The van der Waals surface area contributed by atoms with Crippen molar-refractivity contribution in [1.29, 1.82) is 0 Å². The number of hydrogen-bond acceptors (Lipinski definition) is 3. The van der Waals surface area contributed by atoms with E-state index in [4.69, 9.17) is 4.74 Å². The van der Waals surface area contributed by atoms with E-state index in [9.17, 15) is 9.18 Å². The minimum Gasteiger partial charge on any atom is -0.375 e. The van der Waals surface area contributed by atoms with E-state index >= 15 is 0 Å². The molecule has 0 saturated carbocycles. The van der Waals surface area contributed by atoms with Gasteiger partial charge in [0.2, 0.25) is 5.91 Å². The van der Waals surface area contributed by atoms with Crippen LogP contribution in [-0.4, -0.2) is 38.8 Å². The molecule has 0 radical (unpaired) electrons. The average molecular weight is 331 g/mol. The van der Waals surface area contributed by atoms with Gasteiger partial charge in [-0.15, -0.1) is 0 Å². The van der Waals surface area contributed by atoms with Gasteiger partial charge in [0.25, 0.3) is 0 Å². The molecule has 1 heterocycles. The summed E-state index contributed by atoms with van der Waals surface area (Å²) in [6, 6.07) is 4.53. The molecule has 1 aromatic carbocycles. The normalized spacial score (nSPS) is 19.2. The van der Waals surface area contributed by atoms with Gasteiger partial charge in [0, 0.05) is 24.6 Å². The first-order valence-electron chi connectivity index (χ1n) is 6.12. The first-order chi connectivity index (χ1) is 9.08. The second kappa shape index (κ2) is 6.45. The summed E-state index contributed by atoms with van der Waals surface area (Å²) in [6.45, 7) is 2.06. The topological polar surface area (TPSA) is 41.6 Å². The summed E-state index contributed by atoms with van der Waals surface area (Å²) < 4.78 is 19.9. The number of carbonyl (C=O) groups is 1. The van der Waals surface area contributed by atoms with Crippen molar-refractivity contribution in [1.82, 2.24) is 5.32 Å². The molecule has 1 fully saturated rings. The number of benzene rings is 1. The summed E-state index contributed by atoms with van der Waals surface area (Å²) in [5.41, 5.74) is 0.267. The number of amides is 1. The molecule has 1 unspecified atom stereocenters. The lowest BCUT2D eigenvalue weighted by Gasteiger charge is -2.25. The zero-order chi connectivity index (χ0) is 13.8. The molecule has 1 aromatic rings. The molecule has 1 saturated heterocycles. The second-order valence-electron chi connectivity index (χ2n) is 4.45. The minimum absolute atomic E-state index is 0.140. The molecular formula is C13H16BrFN2O2. The van der Waals surface area contributed by atoms with E-state index in [1.807, 2.05) is 0 Å². The highest BCUT2D eigenvalue weighted by molar-refractivity contribution is 9.10. The number of carbonyl (C=O) groups excluding carboxylic acids is 1. The molecule has 0 spiro atoms. The largest absolute Gasteiger partial charge is 0.375 e. The van der Waals surface area contributed by atoms with Gasteiger partial charge in [-0.25, -0.2) is 4.39 Å². The number of rotatable bonds is 3. The molecule has 1 atom stereocenters. The quantitative estimate of drug-likeness (QED) is 0.920. The maximum Gasteiger partial charge on any atom is 0.229 e. The second-order valence-corrected chi connectivity index (χ2v) is 5.37. The molecule has 1 amide bonds. The van der Waals surface area contributed by atoms with E-state index in [0.29, 0.717) is 13.2 Å². The Morgan fingerprint density at radius 1 is 1.63 bits per heavy atom. The average Bonchev–Trinajstić information content (AvgIpc) is 2.42.